The van der Waals surface area contributed by atoms with Gasteiger partial charge in [-0.15, -0.1) is 0 Å². The minimum atomic E-state index is -0.245. The highest BCUT2D eigenvalue weighted by molar-refractivity contribution is 5.83. The summed E-state index contributed by atoms with van der Waals surface area (Å²) in [7, 11) is 1.42. The van der Waals surface area contributed by atoms with Gasteiger partial charge in [-0.05, 0) is 86.6 Å². The fourth-order valence-corrected chi connectivity index (χ4v) is 4.38. The number of rotatable bonds is 11. The number of nitrogens with one attached hydrogen (secondary N) is 1. The molecule has 0 aliphatic heterocycles. The topological polar surface area (TPSA) is 65.4 Å². The average Bonchev–Trinajstić information content (AvgIpc) is 3.14. The fraction of sp³-hybridized carbons (Fsp3) is 0.517. The molecule has 0 fully saturated rings. The number of nitrogens with zero attached hydrogens (tertiary/aromatic N) is 2. The fourth-order valence-electron chi connectivity index (χ4n) is 4.38. The van der Waals surface area contributed by atoms with E-state index in [1.807, 2.05) is 51.1 Å². The Labute approximate surface area is 210 Å². The van der Waals surface area contributed by atoms with E-state index in [0.29, 0.717) is 0 Å². The van der Waals surface area contributed by atoms with Crippen molar-refractivity contribution in [3.8, 4) is 5.75 Å². The van der Waals surface area contributed by atoms with Gasteiger partial charge in [-0.1, -0.05) is 34.1 Å². The van der Waals surface area contributed by atoms with Gasteiger partial charge in [-0.25, -0.2) is 4.98 Å². The molecule has 0 aliphatic rings. The predicted molar refractivity (Wildman–Crippen MR) is 144 cm³/mol. The molecule has 1 aromatic heterocycles. The summed E-state index contributed by atoms with van der Waals surface area (Å²) in [5, 5.41) is 3.56. The number of esters is 1. The molecule has 1 N–H and O–H groups in total. The Kier molecular flexibility index (Phi) is 8.47. The van der Waals surface area contributed by atoms with Gasteiger partial charge in [0.15, 0.2) is 0 Å². The van der Waals surface area contributed by atoms with Gasteiger partial charge in [0, 0.05) is 11.7 Å². The first-order chi connectivity index (χ1) is 16.6. The van der Waals surface area contributed by atoms with Crippen molar-refractivity contribution in [1.82, 2.24) is 9.55 Å². The molecule has 0 amide bonds. The minimum Gasteiger partial charge on any atom is -0.491 e. The van der Waals surface area contributed by atoms with Gasteiger partial charge < -0.3 is 19.4 Å². The summed E-state index contributed by atoms with van der Waals surface area (Å²) in [6, 6.07) is 12.5. The summed E-state index contributed by atoms with van der Waals surface area (Å²) in [6.45, 7) is 15.2. The maximum Gasteiger partial charge on any atom is 0.309 e. The van der Waals surface area contributed by atoms with Crippen molar-refractivity contribution in [2.45, 2.75) is 86.3 Å². The summed E-state index contributed by atoms with van der Waals surface area (Å²) >= 11 is 0. The van der Waals surface area contributed by atoms with Crippen LogP contribution in [0.1, 0.15) is 78.0 Å². The SMILES string of the molecule is CC[C@H](CC(C)(C)CC)n1c(Nc2ccc(OC(C)C)cc2)nc2cc(CC(=O)OC)c(C)cc21. The van der Waals surface area contributed by atoms with Crippen molar-refractivity contribution in [3.05, 3.63) is 47.5 Å². The van der Waals surface area contributed by atoms with Crippen LogP contribution in [0.15, 0.2) is 36.4 Å². The van der Waals surface area contributed by atoms with E-state index < -0.39 is 0 Å². The molecule has 0 unspecified atom stereocenters. The van der Waals surface area contributed by atoms with E-state index in [4.69, 9.17) is 14.5 Å². The van der Waals surface area contributed by atoms with Crippen molar-refractivity contribution in [1.29, 1.82) is 0 Å². The van der Waals surface area contributed by atoms with Crippen LogP contribution < -0.4 is 10.1 Å². The second kappa shape index (κ2) is 11.1. The second-order valence-corrected chi connectivity index (χ2v) is 10.4. The normalized spacial score (nSPS) is 12.7. The highest BCUT2D eigenvalue weighted by atomic mass is 16.5. The third-order valence-corrected chi connectivity index (χ3v) is 6.77. The van der Waals surface area contributed by atoms with Crippen LogP contribution in [0.5, 0.6) is 5.75 Å². The molecule has 190 valence electrons. The van der Waals surface area contributed by atoms with Crippen LogP contribution in [0.25, 0.3) is 11.0 Å². The zero-order valence-corrected chi connectivity index (χ0v) is 22.6. The zero-order valence-electron chi connectivity index (χ0n) is 22.6. The van der Waals surface area contributed by atoms with Crippen LogP contribution in [-0.4, -0.2) is 28.7 Å². The van der Waals surface area contributed by atoms with Crippen LogP contribution >= 0.6 is 0 Å². The highest BCUT2D eigenvalue weighted by Crippen LogP contribution is 2.38. The van der Waals surface area contributed by atoms with Crippen LogP contribution in [0, 0.1) is 12.3 Å². The molecular weight excluding hydrogens is 438 g/mol. The summed E-state index contributed by atoms with van der Waals surface area (Å²) in [4.78, 5) is 17.0. The number of hydrogen-bond acceptors (Lipinski definition) is 5. The molecule has 35 heavy (non-hydrogen) atoms. The summed E-state index contributed by atoms with van der Waals surface area (Å²) in [5.74, 6) is 1.41. The first-order valence-electron chi connectivity index (χ1n) is 12.7. The predicted octanol–water partition coefficient (Wildman–Crippen LogP) is 7.37. The standard InChI is InChI=1S/C29H41N3O3/c1-9-23(18-29(6,7)10-2)32-26-15-20(5)21(17-27(33)34-8)16-25(26)31-28(32)30-22-11-13-24(14-12-22)35-19(3)4/h11-16,19,23H,9-10,17-18H2,1-8H3,(H,30,31)/t23-/m1/s1. The van der Waals surface area contributed by atoms with Gasteiger partial charge in [-0.3, -0.25) is 4.79 Å². The van der Waals surface area contributed by atoms with Gasteiger partial charge in [0.05, 0.1) is 30.7 Å². The van der Waals surface area contributed by atoms with Crippen molar-refractivity contribution in [2.75, 3.05) is 12.4 Å². The van der Waals surface area contributed by atoms with Crippen molar-refractivity contribution in [2.24, 2.45) is 5.41 Å². The van der Waals surface area contributed by atoms with Crippen LogP contribution in [0.3, 0.4) is 0 Å². The average molecular weight is 480 g/mol. The maximum absolute atomic E-state index is 12.0. The third-order valence-electron chi connectivity index (χ3n) is 6.77. The molecule has 2 aromatic carbocycles. The molecule has 0 saturated carbocycles. The van der Waals surface area contributed by atoms with E-state index in [2.05, 4.69) is 43.6 Å². The molecule has 3 aromatic rings. The van der Waals surface area contributed by atoms with Gasteiger partial charge in [0.2, 0.25) is 5.95 Å². The van der Waals surface area contributed by atoms with Gasteiger partial charge in [0.1, 0.15) is 5.75 Å². The summed E-state index contributed by atoms with van der Waals surface area (Å²) < 4.78 is 13.0. The lowest BCUT2D eigenvalue weighted by Crippen LogP contribution is -2.20. The van der Waals surface area contributed by atoms with Crippen LogP contribution in [0.2, 0.25) is 0 Å². The first kappa shape index (κ1) is 26.6. The molecule has 0 spiro atoms. The number of ether oxygens (including phenoxy) is 2. The largest absolute Gasteiger partial charge is 0.491 e. The number of imidazole rings is 1. The number of carbonyl (C=O) groups excluding carboxylic acids is 1. The number of anilines is 2. The third kappa shape index (κ3) is 6.56. The van der Waals surface area contributed by atoms with Gasteiger partial charge in [-0.2, -0.15) is 0 Å². The number of aryl methyl sites for hydroxylation is 1. The number of methoxy groups -OCH3 is 1. The zero-order chi connectivity index (χ0) is 25.8. The maximum atomic E-state index is 12.0. The molecule has 3 rings (SSSR count). The minimum absolute atomic E-state index is 0.132. The van der Waals surface area contributed by atoms with E-state index in [1.54, 1.807) is 0 Å². The summed E-state index contributed by atoms with van der Waals surface area (Å²) in [6.07, 6.45) is 3.52. The van der Waals surface area contributed by atoms with Crippen molar-refractivity contribution >= 4 is 28.6 Å². The van der Waals surface area contributed by atoms with E-state index in [0.717, 1.165) is 58.8 Å². The smallest absolute Gasteiger partial charge is 0.309 e. The van der Waals surface area contributed by atoms with E-state index >= 15 is 0 Å². The molecule has 0 saturated heterocycles. The molecule has 6 heteroatoms. The number of fused-ring (bicyclic) bond motifs is 1. The van der Waals surface area contributed by atoms with Crippen LogP contribution in [-0.2, 0) is 16.0 Å². The molecule has 6 nitrogen and oxygen atoms in total. The molecule has 0 aliphatic carbocycles. The quantitative estimate of drug-likeness (QED) is 0.291. The number of hydrogen-bond donors (Lipinski definition) is 1. The van der Waals surface area contributed by atoms with Crippen LogP contribution in [0.4, 0.5) is 11.6 Å². The lowest BCUT2D eigenvalue weighted by atomic mass is 9.82. The summed E-state index contributed by atoms with van der Waals surface area (Å²) in [5.41, 5.74) is 5.13. The Hall–Kier alpha value is -3.02. The van der Waals surface area contributed by atoms with Gasteiger partial charge >= 0.3 is 5.97 Å². The Morgan fingerprint density at radius 2 is 1.83 bits per heavy atom. The highest BCUT2D eigenvalue weighted by Gasteiger charge is 2.26. The molecule has 1 heterocycles. The number of benzene rings is 2. The van der Waals surface area contributed by atoms with Crippen molar-refractivity contribution in [3.63, 3.8) is 0 Å². The monoisotopic (exact) mass is 479 g/mol. The van der Waals surface area contributed by atoms with Gasteiger partial charge in [0.25, 0.3) is 0 Å². The second-order valence-electron chi connectivity index (χ2n) is 10.4. The van der Waals surface area contributed by atoms with Crippen molar-refractivity contribution < 1.29 is 14.3 Å². The molecular formula is C29H41N3O3. The Balaban J connectivity index is 2.08. The lowest BCUT2D eigenvalue weighted by Gasteiger charge is -2.30. The first-order valence-corrected chi connectivity index (χ1v) is 12.7. The van der Waals surface area contributed by atoms with E-state index in [9.17, 15) is 4.79 Å². The van der Waals surface area contributed by atoms with E-state index in [-0.39, 0.29) is 30.0 Å². The molecule has 0 radical (unpaired) electrons. The lowest BCUT2D eigenvalue weighted by molar-refractivity contribution is -0.139. The van der Waals surface area contributed by atoms with E-state index in [1.165, 1.54) is 7.11 Å². The Morgan fingerprint density at radius 3 is 2.40 bits per heavy atom. The Bertz CT molecular complexity index is 1150. The number of carbonyl (C=O) groups is 1. The Morgan fingerprint density at radius 1 is 1.14 bits per heavy atom. The molecule has 0 bridgehead atoms. The number of aromatic nitrogens is 2. The molecule has 1 atom stereocenters.